The summed E-state index contributed by atoms with van der Waals surface area (Å²) < 4.78 is 39.9. The highest BCUT2D eigenvalue weighted by atomic mass is 32.2. The van der Waals surface area contributed by atoms with Crippen LogP contribution in [0.4, 0.5) is 5.69 Å². The minimum absolute atomic E-state index is 0.0671. The fourth-order valence-corrected chi connectivity index (χ4v) is 3.35. The van der Waals surface area contributed by atoms with Crippen LogP contribution >= 0.6 is 0 Å². The van der Waals surface area contributed by atoms with Crippen LogP contribution in [0.15, 0.2) is 77.7 Å². The van der Waals surface area contributed by atoms with E-state index in [1.54, 1.807) is 24.3 Å². The number of carbonyl (C=O) groups excluding carboxylic acids is 1. The van der Waals surface area contributed by atoms with Crippen LogP contribution in [0.2, 0.25) is 0 Å². The summed E-state index contributed by atoms with van der Waals surface area (Å²) in [6.45, 7) is 0. The van der Waals surface area contributed by atoms with Crippen LogP contribution in [0, 0.1) is 10.1 Å². The summed E-state index contributed by atoms with van der Waals surface area (Å²) in [5.74, 6) is 0.214. The summed E-state index contributed by atoms with van der Waals surface area (Å²) >= 11 is 0. The maximum atomic E-state index is 12.3. The number of non-ortho nitro benzene ring substituents is 1. The first-order chi connectivity index (χ1) is 14.3. The molecule has 3 rings (SSSR count). The van der Waals surface area contributed by atoms with Gasteiger partial charge in [-0.15, -0.1) is 0 Å². The quantitative estimate of drug-likeness (QED) is 0.184. The number of nitro benzene ring substituents is 1. The van der Waals surface area contributed by atoms with Crippen molar-refractivity contribution in [3.63, 3.8) is 0 Å². The number of benzene rings is 3. The van der Waals surface area contributed by atoms with Gasteiger partial charge < -0.3 is 13.7 Å². The molecule has 0 bridgehead atoms. The molecule has 9 nitrogen and oxygen atoms in total. The maximum absolute atomic E-state index is 12.3. The van der Waals surface area contributed by atoms with Crippen molar-refractivity contribution in [1.29, 1.82) is 0 Å². The molecule has 3 aromatic rings. The molecule has 0 fully saturated rings. The van der Waals surface area contributed by atoms with Crippen LogP contribution in [-0.4, -0.2) is 26.4 Å². The lowest BCUT2D eigenvalue weighted by Crippen LogP contribution is -2.11. The summed E-state index contributed by atoms with van der Waals surface area (Å²) in [6, 6.07) is 16.1. The summed E-state index contributed by atoms with van der Waals surface area (Å²) in [5.41, 5.74) is -0.206. The lowest BCUT2D eigenvalue weighted by atomic mass is 10.2. The minimum Gasteiger partial charge on any atom is -0.497 e. The second-order valence-corrected chi connectivity index (χ2v) is 7.43. The van der Waals surface area contributed by atoms with Gasteiger partial charge in [-0.1, -0.05) is 6.07 Å². The molecule has 0 unspecified atom stereocenters. The number of methoxy groups -OCH3 is 1. The Bertz CT molecular complexity index is 1170. The number of esters is 1. The second-order valence-electron chi connectivity index (χ2n) is 5.88. The van der Waals surface area contributed by atoms with Crippen molar-refractivity contribution in [3.05, 3.63) is 88.5 Å². The molecule has 0 spiro atoms. The smallest absolute Gasteiger partial charge is 0.343 e. The summed E-state index contributed by atoms with van der Waals surface area (Å²) in [5, 5.41) is 10.8. The molecular formula is C20H15NO8S. The Kier molecular flexibility index (Phi) is 5.98. The molecule has 0 aromatic heterocycles. The highest BCUT2D eigenvalue weighted by molar-refractivity contribution is 7.87. The predicted octanol–water partition coefficient (Wildman–Crippen LogP) is 3.59. The number of rotatable bonds is 7. The van der Waals surface area contributed by atoms with Crippen molar-refractivity contribution in [2.24, 2.45) is 0 Å². The number of nitro groups is 1. The molecule has 0 heterocycles. The van der Waals surface area contributed by atoms with Gasteiger partial charge in [0.05, 0.1) is 17.6 Å². The average molecular weight is 429 g/mol. The Morgan fingerprint density at radius 1 is 0.900 bits per heavy atom. The fourth-order valence-electron chi connectivity index (χ4n) is 2.38. The average Bonchev–Trinajstić information content (AvgIpc) is 2.74. The normalized spacial score (nSPS) is 10.8. The van der Waals surface area contributed by atoms with Gasteiger partial charge in [-0.3, -0.25) is 10.1 Å². The van der Waals surface area contributed by atoms with Gasteiger partial charge in [0, 0.05) is 12.1 Å². The van der Waals surface area contributed by atoms with Gasteiger partial charge in [0.15, 0.2) is 0 Å². The Hall–Kier alpha value is -3.92. The first kappa shape index (κ1) is 20.8. The van der Waals surface area contributed by atoms with Crippen molar-refractivity contribution in [3.8, 4) is 17.2 Å². The van der Waals surface area contributed by atoms with E-state index in [0.29, 0.717) is 11.5 Å². The summed E-state index contributed by atoms with van der Waals surface area (Å²) in [4.78, 5) is 22.0. The first-order valence-electron chi connectivity index (χ1n) is 8.44. The first-order valence-corrected chi connectivity index (χ1v) is 9.84. The predicted molar refractivity (Wildman–Crippen MR) is 105 cm³/mol. The van der Waals surface area contributed by atoms with Crippen molar-refractivity contribution < 1.29 is 31.8 Å². The lowest BCUT2D eigenvalue weighted by Gasteiger charge is -2.08. The molecule has 10 heteroatoms. The number of hydrogen-bond donors (Lipinski definition) is 0. The molecule has 154 valence electrons. The van der Waals surface area contributed by atoms with Crippen LogP contribution in [0.1, 0.15) is 10.4 Å². The van der Waals surface area contributed by atoms with Gasteiger partial charge in [0.1, 0.15) is 22.1 Å². The highest BCUT2D eigenvalue weighted by Gasteiger charge is 2.20. The molecule has 0 saturated carbocycles. The second kappa shape index (κ2) is 8.62. The SMILES string of the molecule is COc1ccc(OC(=O)c2ccc(OS(=O)(=O)c3cccc([N+](=O)[O-])c3)cc2)cc1. The molecule has 0 aliphatic rings. The molecule has 3 aromatic carbocycles. The van der Waals surface area contributed by atoms with E-state index in [4.69, 9.17) is 13.7 Å². The number of ether oxygens (including phenoxy) is 2. The van der Waals surface area contributed by atoms with Gasteiger partial charge in [0.2, 0.25) is 0 Å². The Morgan fingerprint density at radius 2 is 1.50 bits per heavy atom. The van der Waals surface area contributed by atoms with E-state index in [1.165, 1.54) is 49.6 Å². The van der Waals surface area contributed by atoms with E-state index in [-0.39, 0.29) is 21.9 Å². The van der Waals surface area contributed by atoms with Crippen LogP contribution in [0.5, 0.6) is 17.2 Å². The molecule has 0 saturated heterocycles. The molecule has 0 aliphatic heterocycles. The zero-order valence-corrected chi connectivity index (χ0v) is 16.4. The zero-order valence-electron chi connectivity index (χ0n) is 15.5. The Balaban J connectivity index is 1.71. The molecule has 0 radical (unpaired) electrons. The van der Waals surface area contributed by atoms with Gasteiger partial charge in [-0.25, -0.2) is 4.79 Å². The van der Waals surface area contributed by atoms with E-state index in [0.717, 1.165) is 6.07 Å². The lowest BCUT2D eigenvalue weighted by molar-refractivity contribution is -0.385. The van der Waals surface area contributed by atoms with E-state index in [2.05, 4.69) is 0 Å². The van der Waals surface area contributed by atoms with Crippen LogP contribution in [-0.2, 0) is 10.1 Å². The third-order valence-corrected chi connectivity index (χ3v) is 5.13. The molecular weight excluding hydrogens is 414 g/mol. The van der Waals surface area contributed by atoms with E-state index >= 15 is 0 Å². The fraction of sp³-hybridized carbons (Fsp3) is 0.0500. The van der Waals surface area contributed by atoms with Crippen LogP contribution in [0.3, 0.4) is 0 Å². The van der Waals surface area contributed by atoms with Crippen molar-refractivity contribution in [1.82, 2.24) is 0 Å². The standard InChI is InChI=1S/C20H15NO8S/c1-27-16-9-11-17(12-10-16)28-20(22)14-5-7-18(8-6-14)29-30(25,26)19-4-2-3-15(13-19)21(23)24/h2-13H,1H3. The van der Waals surface area contributed by atoms with Gasteiger partial charge in [-0.05, 0) is 54.6 Å². The molecule has 30 heavy (non-hydrogen) atoms. The van der Waals surface area contributed by atoms with E-state index in [1.807, 2.05) is 0 Å². The van der Waals surface area contributed by atoms with E-state index in [9.17, 15) is 23.3 Å². The summed E-state index contributed by atoms with van der Waals surface area (Å²) in [6.07, 6.45) is 0. The zero-order chi connectivity index (χ0) is 21.7. The topological polar surface area (TPSA) is 122 Å². The van der Waals surface area contributed by atoms with Gasteiger partial charge >= 0.3 is 16.1 Å². The highest BCUT2D eigenvalue weighted by Crippen LogP contribution is 2.23. The molecule has 0 aliphatic carbocycles. The molecule has 0 atom stereocenters. The minimum atomic E-state index is -4.29. The van der Waals surface area contributed by atoms with Crippen LogP contribution in [0.25, 0.3) is 0 Å². The van der Waals surface area contributed by atoms with E-state index < -0.39 is 21.0 Å². The third kappa shape index (κ3) is 4.92. The largest absolute Gasteiger partial charge is 0.497 e. The van der Waals surface area contributed by atoms with Crippen molar-refractivity contribution in [2.45, 2.75) is 4.90 Å². The Morgan fingerprint density at radius 3 is 2.10 bits per heavy atom. The van der Waals surface area contributed by atoms with Gasteiger partial charge in [0.25, 0.3) is 5.69 Å². The molecule has 0 N–H and O–H groups in total. The number of nitrogens with zero attached hydrogens (tertiary/aromatic N) is 1. The summed E-state index contributed by atoms with van der Waals surface area (Å²) in [7, 11) is -2.77. The third-order valence-electron chi connectivity index (χ3n) is 3.88. The van der Waals surface area contributed by atoms with Crippen molar-refractivity contribution in [2.75, 3.05) is 7.11 Å². The maximum Gasteiger partial charge on any atom is 0.343 e. The van der Waals surface area contributed by atoms with Crippen LogP contribution < -0.4 is 13.7 Å². The van der Waals surface area contributed by atoms with Gasteiger partial charge in [-0.2, -0.15) is 8.42 Å². The van der Waals surface area contributed by atoms with Crippen molar-refractivity contribution >= 4 is 21.8 Å². The Labute approximate surface area is 171 Å². The number of carbonyl (C=O) groups is 1. The monoisotopic (exact) mass is 429 g/mol. The molecule has 0 amide bonds. The number of hydrogen-bond acceptors (Lipinski definition) is 8.